The molecule has 3 aliphatic rings. The highest BCUT2D eigenvalue weighted by atomic mass is 127. The van der Waals surface area contributed by atoms with Crippen molar-refractivity contribution in [2.75, 3.05) is 66.5 Å². The maximum absolute atomic E-state index is 13.3. The van der Waals surface area contributed by atoms with Gasteiger partial charge in [-0.3, -0.25) is 9.89 Å². The molecule has 2 fully saturated rings. The Bertz CT molecular complexity index is 922. The second-order valence-electron chi connectivity index (χ2n) is 8.53. The van der Waals surface area contributed by atoms with Gasteiger partial charge in [0.25, 0.3) is 0 Å². The first-order valence-electron chi connectivity index (χ1n) is 11.1. The number of nitrogens with zero attached hydrogens (tertiary/aromatic N) is 5. The van der Waals surface area contributed by atoms with Crippen molar-refractivity contribution in [1.82, 2.24) is 24.3 Å². The average Bonchev–Trinajstić information content (AvgIpc) is 3.47. The third-order valence-electron chi connectivity index (χ3n) is 6.53. The smallest absolute Gasteiger partial charge is 0.243 e. The van der Waals surface area contributed by atoms with E-state index in [0.717, 1.165) is 57.2 Å². The maximum Gasteiger partial charge on any atom is 0.243 e. The highest BCUT2D eigenvalue weighted by molar-refractivity contribution is 14.0. The first-order valence-corrected chi connectivity index (χ1v) is 12.5. The van der Waals surface area contributed by atoms with E-state index in [4.69, 9.17) is 0 Å². The van der Waals surface area contributed by atoms with Crippen LogP contribution in [-0.2, 0) is 16.6 Å². The van der Waals surface area contributed by atoms with E-state index >= 15 is 0 Å². The van der Waals surface area contributed by atoms with Crippen molar-refractivity contribution in [3.8, 4) is 0 Å². The molecule has 3 aliphatic heterocycles. The topological polar surface area (TPSA) is 71.5 Å². The Morgan fingerprint density at radius 1 is 1.09 bits per heavy atom. The number of aliphatic imine (C=N–C) groups is 1. The van der Waals surface area contributed by atoms with Gasteiger partial charge in [0.15, 0.2) is 5.96 Å². The highest BCUT2D eigenvalue weighted by Gasteiger charge is 2.31. The molecule has 178 valence electrons. The van der Waals surface area contributed by atoms with E-state index in [0.29, 0.717) is 30.6 Å². The Labute approximate surface area is 209 Å². The molecule has 8 nitrogen and oxygen atoms in total. The Hall–Kier alpha value is -1.21. The van der Waals surface area contributed by atoms with Crippen molar-refractivity contribution in [3.63, 3.8) is 0 Å². The second-order valence-corrected chi connectivity index (χ2v) is 10.4. The lowest BCUT2D eigenvalue weighted by Crippen LogP contribution is -2.47. The summed E-state index contributed by atoms with van der Waals surface area (Å²) in [6, 6.07) is 7.86. The molecule has 0 radical (unpaired) electrons. The van der Waals surface area contributed by atoms with Crippen LogP contribution < -0.4 is 5.32 Å². The summed E-state index contributed by atoms with van der Waals surface area (Å²) < 4.78 is 28.2. The van der Waals surface area contributed by atoms with E-state index in [1.807, 2.05) is 19.2 Å². The van der Waals surface area contributed by atoms with E-state index < -0.39 is 10.0 Å². The molecule has 1 unspecified atom stereocenters. The molecule has 3 heterocycles. The predicted octanol–water partition coefficient (Wildman–Crippen LogP) is 1.26. The van der Waals surface area contributed by atoms with Gasteiger partial charge in [-0.2, -0.15) is 4.31 Å². The number of likely N-dealkylation sites (N-methyl/N-ethyl adjacent to an activating group) is 1. The summed E-state index contributed by atoms with van der Waals surface area (Å²) in [5, 5.41) is 3.41. The van der Waals surface area contributed by atoms with Crippen LogP contribution in [0.2, 0.25) is 0 Å². The van der Waals surface area contributed by atoms with Gasteiger partial charge >= 0.3 is 0 Å². The van der Waals surface area contributed by atoms with Crippen molar-refractivity contribution >= 4 is 40.0 Å². The molecule has 0 bridgehead atoms. The lowest BCUT2D eigenvalue weighted by molar-refractivity contribution is 0.222. The van der Waals surface area contributed by atoms with Crippen molar-refractivity contribution in [3.05, 3.63) is 42.0 Å². The van der Waals surface area contributed by atoms with Crippen molar-refractivity contribution in [2.24, 2.45) is 4.99 Å². The van der Waals surface area contributed by atoms with Gasteiger partial charge in [0, 0.05) is 72.0 Å². The molecule has 32 heavy (non-hydrogen) atoms. The summed E-state index contributed by atoms with van der Waals surface area (Å²) in [6.45, 7) is 6.98. The molecule has 0 aliphatic carbocycles. The van der Waals surface area contributed by atoms with Gasteiger partial charge < -0.3 is 15.1 Å². The Morgan fingerprint density at radius 2 is 1.78 bits per heavy atom. The fourth-order valence-corrected chi connectivity index (χ4v) is 6.24. The summed E-state index contributed by atoms with van der Waals surface area (Å²) in [5.74, 6) is 0.835. The van der Waals surface area contributed by atoms with E-state index in [2.05, 4.69) is 37.2 Å². The third-order valence-corrected chi connectivity index (χ3v) is 8.53. The number of sulfonamides is 1. The SMILES string of the molecule is CN=C(NCc1ccccc1S(=O)(=O)N1CCN(C)CC1)N1CCC(N2CC=CC2)C1.I. The van der Waals surface area contributed by atoms with Crippen LogP contribution in [-0.4, -0.2) is 106 Å². The van der Waals surface area contributed by atoms with Crippen LogP contribution in [0.15, 0.2) is 46.3 Å². The number of nitrogens with one attached hydrogen (secondary N) is 1. The molecule has 0 aromatic heterocycles. The molecule has 4 rings (SSSR count). The molecule has 1 atom stereocenters. The normalized spacial score (nSPS) is 23.5. The average molecular weight is 575 g/mol. The van der Waals surface area contributed by atoms with E-state index in [9.17, 15) is 8.42 Å². The summed E-state index contributed by atoms with van der Waals surface area (Å²) >= 11 is 0. The lowest BCUT2D eigenvalue weighted by atomic mass is 10.2. The number of rotatable bonds is 5. The van der Waals surface area contributed by atoms with Gasteiger partial charge in [0.05, 0.1) is 4.90 Å². The summed E-state index contributed by atoms with van der Waals surface area (Å²) in [5.41, 5.74) is 0.780. The van der Waals surface area contributed by atoms with Crippen molar-refractivity contribution in [1.29, 1.82) is 0 Å². The highest BCUT2D eigenvalue weighted by Crippen LogP contribution is 2.22. The predicted molar refractivity (Wildman–Crippen MR) is 139 cm³/mol. The number of hydrogen-bond acceptors (Lipinski definition) is 5. The van der Waals surface area contributed by atoms with Gasteiger partial charge in [-0.05, 0) is 25.1 Å². The summed E-state index contributed by atoms with van der Waals surface area (Å²) in [6.07, 6.45) is 5.58. The maximum atomic E-state index is 13.3. The van der Waals surface area contributed by atoms with Gasteiger partial charge in [-0.15, -0.1) is 24.0 Å². The molecule has 0 spiro atoms. The Kier molecular flexibility index (Phi) is 8.96. The number of likely N-dealkylation sites (tertiary alicyclic amines) is 1. The second kappa shape index (κ2) is 11.3. The minimum absolute atomic E-state index is 0. The zero-order valence-corrected chi connectivity index (χ0v) is 22.1. The Morgan fingerprint density at radius 3 is 2.47 bits per heavy atom. The Balaban J connectivity index is 0.00000289. The van der Waals surface area contributed by atoms with Gasteiger partial charge in [0.1, 0.15) is 0 Å². The molecule has 1 N–H and O–H groups in total. The minimum Gasteiger partial charge on any atom is -0.352 e. The number of hydrogen-bond donors (Lipinski definition) is 1. The van der Waals surface area contributed by atoms with Crippen LogP contribution in [0, 0.1) is 0 Å². The molecular weight excluding hydrogens is 539 g/mol. The van der Waals surface area contributed by atoms with Crippen LogP contribution in [0.4, 0.5) is 0 Å². The van der Waals surface area contributed by atoms with Crippen LogP contribution in [0.3, 0.4) is 0 Å². The summed E-state index contributed by atoms with van der Waals surface area (Å²) in [7, 11) is 0.306. The number of benzene rings is 1. The van der Waals surface area contributed by atoms with Crippen LogP contribution >= 0.6 is 24.0 Å². The van der Waals surface area contributed by atoms with E-state index in [-0.39, 0.29) is 24.0 Å². The molecule has 1 aromatic rings. The van der Waals surface area contributed by atoms with Gasteiger partial charge in [-0.25, -0.2) is 8.42 Å². The number of piperazine rings is 1. The fourth-order valence-electron chi connectivity index (χ4n) is 4.60. The van der Waals surface area contributed by atoms with E-state index in [1.165, 1.54) is 0 Å². The number of halogens is 1. The first kappa shape index (κ1) is 25.4. The zero-order valence-electron chi connectivity index (χ0n) is 19.0. The fraction of sp³-hybridized carbons (Fsp3) is 0.591. The summed E-state index contributed by atoms with van der Waals surface area (Å²) in [4.78, 5) is 11.8. The van der Waals surface area contributed by atoms with Crippen molar-refractivity contribution in [2.45, 2.75) is 23.9 Å². The lowest BCUT2D eigenvalue weighted by Gasteiger charge is -2.32. The van der Waals surface area contributed by atoms with Crippen molar-refractivity contribution < 1.29 is 8.42 Å². The largest absolute Gasteiger partial charge is 0.352 e. The molecular formula is C22H35IN6O2S. The monoisotopic (exact) mass is 574 g/mol. The zero-order chi connectivity index (χ0) is 21.8. The molecule has 0 amide bonds. The van der Waals surface area contributed by atoms with Crippen LogP contribution in [0.5, 0.6) is 0 Å². The minimum atomic E-state index is -3.51. The quantitative estimate of drug-likeness (QED) is 0.247. The van der Waals surface area contributed by atoms with Gasteiger partial charge in [-0.1, -0.05) is 30.4 Å². The van der Waals surface area contributed by atoms with Crippen LogP contribution in [0.1, 0.15) is 12.0 Å². The first-order chi connectivity index (χ1) is 15.0. The standard InChI is InChI=1S/C22H34N6O2S.HI/c1-23-22(27-12-9-20(18-27)26-10-5-6-11-26)24-17-19-7-3-4-8-21(19)31(29,30)28-15-13-25(2)14-16-28;/h3-8,20H,9-18H2,1-2H3,(H,23,24);1H. The molecule has 10 heteroatoms. The molecule has 2 saturated heterocycles. The van der Waals surface area contributed by atoms with Crippen LogP contribution in [0.25, 0.3) is 0 Å². The molecule has 0 saturated carbocycles. The molecule has 1 aromatic carbocycles. The number of guanidine groups is 1. The van der Waals surface area contributed by atoms with E-state index in [1.54, 1.807) is 23.5 Å². The van der Waals surface area contributed by atoms with Gasteiger partial charge in [0.2, 0.25) is 10.0 Å². The third kappa shape index (κ3) is 5.64.